The van der Waals surface area contributed by atoms with Crippen LogP contribution in [0.1, 0.15) is 51.2 Å². The fourth-order valence-electron chi connectivity index (χ4n) is 4.11. The number of hydrogen-bond acceptors (Lipinski definition) is 2. The van der Waals surface area contributed by atoms with E-state index in [2.05, 4.69) is 19.2 Å². The lowest BCUT2D eigenvalue weighted by Crippen LogP contribution is -2.48. The van der Waals surface area contributed by atoms with Crippen molar-refractivity contribution in [3.63, 3.8) is 0 Å². The molecule has 1 aliphatic heterocycles. The lowest BCUT2D eigenvalue weighted by molar-refractivity contribution is -0.0157. The van der Waals surface area contributed by atoms with Crippen LogP contribution in [0.2, 0.25) is 0 Å². The van der Waals surface area contributed by atoms with E-state index in [1.165, 1.54) is 37.8 Å². The van der Waals surface area contributed by atoms with E-state index in [-0.39, 0.29) is 18.0 Å². The van der Waals surface area contributed by atoms with Crippen LogP contribution < -0.4 is 5.32 Å². The molecule has 25 heavy (non-hydrogen) atoms. The van der Waals surface area contributed by atoms with Gasteiger partial charge in [-0.25, -0.2) is 9.18 Å². The van der Waals surface area contributed by atoms with Gasteiger partial charge in [-0.15, -0.1) is 0 Å². The first-order valence-corrected chi connectivity index (χ1v) is 9.33. The number of rotatable bonds is 3. The summed E-state index contributed by atoms with van der Waals surface area (Å²) in [5, 5.41) is 3.10. The van der Waals surface area contributed by atoms with Crippen molar-refractivity contribution in [1.82, 2.24) is 10.2 Å². The second-order valence-corrected chi connectivity index (χ2v) is 8.17. The van der Waals surface area contributed by atoms with Gasteiger partial charge in [-0.2, -0.15) is 0 Å². The third-order valence-electron chi connectivity index (χ3n) is 5.42. The molecule has 2 fully saturated rings. The maximum atomic E-state index is 13.4. The quantitative estimate of drug-likeness (QED) is 0.892. The lowest BCUT2D eigenvalue weighted by atomic mass is 9.72. The van der Waals surface area contributed by atoms with Gasteiger partial charge >= 0.3 is 6.03 Å². The van der Waals surface area contributed by atoms with Crippen LogP contribution in [0, 0.1) is 17.2 Å². The van der Waals surface area contributed by atoms with E-state index < -0.39 is 0 Å². The largest absolute Gasteiger partial charge is 0.370 e. The van der Waals surface area contributed by atoms with Gasteiger partial charge in [0.2, 0.25) is 0 Å². The van der Waals surface area contributed by atoms with Crippen molar-refractivity contribution in [3.8, 4) is 0 Å². The Kier molecular flexibility index (Phi) is 5.62. The van der Waals surface area contributed by atoms with Gasteiger partial charge < -0.3 is 15.0 Å². The number of hydrogen-bond donors (Lipinski definition) is 1. The third kappa shape index (κ3) is 4.94. The van der Waals surface area contributed by atoms with E-state index in [1.807, 2.05) is 6.07 Å². The van der Waals surface area contributed by atoms with Crippen molar-refractivity contribution in [2.24, 2.45) is 11.3 Å². The van der Waals surface area contributed by atoms with E-state index in [0.29, 0.717) is 31.0 Å². The summed E-state index contributed by atoms with van der Waals surface area (Å²) >= 11 is 0. The number of ether oxygens (including phenoxy) is 1. The van der Waals surface area contributed by atoms with Crippen molar-refractivity contribution in [2.45, 2.75) is 45.6 Å². The van der Waals surface area contributed by atoms with Crippen LogP contribution >= 0.6 is 0 Å². The zero-order valence-electron chi connectivity index (χ0n) is 15.3. The van der Waals surface area contributed by atoms with Crippen LogP contribution in [0.3, 0.4) is 0 Å². The Morgan fingerprint density at radius 1 is 1.44 bits per heavy atom. The first-order chi connectivity index (χ1) is 11.9. The van der Waals surface area contributed by atoms with E-state index >= 15 is 0 Å². The predicted molar refractivity (Wildman–Crippen MR) is 95.8 cm³/mol. The molecule has 2 unspecified atom stereocenters. The van der Waals surface area contributed by atoms with Gasteiger partial charge in [-0.1, -0.05) is 32.4 Å². The summed E-state index contributed by atoms with van der Waals surface area (Å²) in [5.41, 5.74) is 1.17. The molecule has 2 amide bonds. The molecule has 1 N–H and O–H groups in total. The number of nitrogens with one attached hydrogen (secondary N) is 1. The minimum Gasteiger partial charge on any atom is -0.370 e. The van der Waals surface area contributed by atoms with Gasteiger partial charge in [-0.05, 0) is 48.3 Å². The first-order valence-electron chi connectivity index (χ1n) is 9.33. The molecule has 1 heterocycles. The highest BCUT2D eigenvalue weighted by Crippen LogP contribution is 2.38. The van der Waals surface area contributed by atoms with E-state index in [0.717, 1.165) is 12.1 Å². The molecular formula is C20H29FN2O2. The Morgan fingerprint density at radius 3 is 3.04 bits per heavy atom. The molecule has 1 aromatic carbocycles. The summed E-state index contributed by atoms with van der Waals surface area (Å²) in [6.45, 7) is 6.88. The molecule has 2 atom stereocenters. The Bertz CT molecular complexity index is 605. The highest BCUT2D eigenvalue weighted by molar-refractivity contribution is 5.74. The second-order valence-electron chi connectivity index (χ2n) is 8.17. The average molecular weight is 348 g/mol. The molecule has 0 aromatic heterocycles. The molecule has 4 nitrogen and oxygen atoms in total. The standard InChI is InChI=1S/C20H29FN2O2/c1-20(2)8-4-5-15(12-20)13-22-19(24)23-9-10-25-18(14-23)16-6-3-7-17(21)11-16/h3,6-7,11,15,18H,4-5,8-10,12-14H2,1-2H3,(H,22,24). The lowest BCUT2D eigenvalue weighted by Gasteiger charge is -2.36. The Balaban J connectivity index is 1.52. The van der Waals surface area contributed by atoms with Crippen LogP contribution in [0.15, 0.2) is 24.3 Å². The number of urea groups is 1. The molecular weight excluding hydrogens is 319 g/mol. The van der Waals surface area contributed by atoms with Crippen molar-refractivity contribution in [3.05, 3.63) is 35.6 Å². The minimum atomic E-state index is -0.275. The highest BCUT2D eigenvalue weighted by atomic mass is 19.1. The monoisotopic (exact) mass is 348 g/mol. The van der Waals surface area contributed by atoms with Crippen LogP contribution in [0.25, 0.3) is 0 Å². The summed E-state index contributed by atoms with van der Waals surface area (Å²) in [6.07, 6.45) is 4.62. The molecule has 2 aliphatic rings. The first kappa shape index (κ1) is 18.2. The molecule has 0 spiro atoms. The molecule has 0 bridgehead atoms. The van der Waals surface area contributed by atoms with Gasteiger partial charge in [0, 0.05) is 13.1 Å². The van der Waals surface area contributed by atoms with Crippen molar-refractivity contribution >= 4 is 6.03 Å². The van der Waals surface area contributed by atoms with Crippen LogP contribution in [-0.4, -0.2) is 37.2 Å². The molecule has 5 heteroatoms. The number of halogens is 1. The SMILES string of the molecule is CC1(C)CCCC(CNC(=O)N2CCOC(c3cccc(F)c3)C2)C1. The molecule has 138 valence electrons. The van der Waals surface area contributed by atoms with Crippen LogP contribution in [-0.2, 0) is 4.74 Å². The van der Waals surface area contributed by atoms with Crippen LogP contribution in [0.5, 0.6) is 0 Å². The number of carbonyl (C=O) groups excluding carboxylic acids is 1. The maximum absolute atomic E-state index is 13.4. The summed E-state index contributed by atoms with van der Waals surface area (Å²) < 4.78 is 19.2. The fourth-order valence-corrected chi connectivity index (χ4v) is 4.11. The number of nitrogens with zero attached hydrogens (tertiary/aromatic N) is 1. The minimum absolute atomic E-state index is 0.0342. The number of carbonyl (C=O) groups is 1. The molecule has 3 rings (SSSR count). The van der Waals surface area contributed by atoms with Gasteiger partial charge in [0.1, 0.15) is 11.9 Å². The molecule has 0 radical (unpaired) electrons. The van der Waals surface area contributed by atoms with E-state index in [1.54, 1.807) is 11.0 Å². The van der Waals surface area contributed by atoms with Crippen molar-refractivity contribution in [1.29, 1.82) is 0 Å². The van der Waals surface area contributed by atoms with Gasteiger partial charge in [0.05, 0.1) is 13.2 Å². The molecule has 1 saturated heterocycles. The Hall–Kier alpha value is -1.62. The fraction of sp³-hybridized carbons (Fsp3) is 0.650. The number of amides is 2. The van der Waals surface area contributed by atoms with Gasteiger partial charge in [0.15, 0.2) is 0 Å². The van der Waals surface area contributed by atoms with Gasteiger partial charge in [-0.3, -0.25) is 0 Å². The zero-order valence-corrected chi connectivity index (χ0v) is 15.3. The maximum Gasteiger partial charge on any atom is 0.317 e. The molecule has 1 aliphatic carbocycles. The number of morpholine rings is 1. The smallest absolute Gasteiger partial charge is 0.317 e. The Morgan fingerprint density at radius 2 is 2.28 bits per heavy atom. The van der Waals surface area contributed by atoms with E-state index in [9.17, 15) is 9.18 Å². The Labute approximate surface area is 149 Å². The normalized spacial score (nSPS) is 26.3. The highest BCUT2D eigenvalue weighted by Gasteiger charge is 2.29. The number of benzene rings is 1. The predicted octanol–water partition coefficient (Wildman–Crippen LogP) is 4.13. The topological polar surface area (TPSA) is 41.6 Å². The second kappa shape index (κ2) is 7.73. The van der Waals surface area contributed by atoms with Crippen molar-refractivity contribution in [2.75, 3.05) is 26.2 Å². The van der Waals surface area contributed by atoms with Gasteiger partial charge in [0.25, 0.3) is 0 Å². The zero-order chi connectivity index (χ0) is 17.9. The molecule has 1 saturated carbocycles. The summed E-state index contributed by atoms with van der Waals surface area (Å²) in [4.78, 5) is 14.3. The summed E-state index contributed by atoms with van der Waals surface area (Å²) in [6, 6.07) is 6.39. The van der Waals surface area contributed by atoms with E-state index in [4.69, 9.17) is 4.74 Å². The summed E-state index contributed by atoms with van der Waals surface area (Å²) in [7, 11) is 0. The van der Waals surface area contributed by atoms with Crippen molar-refractivity contribution < 1.29 is 13.9 Å². The molecule has 1 aromatic rings. The third-order valence-corrected chi connectivity index (χ3v) is 5.42. The van der Waals surface area contributed by atoms with Crippen LogP contribution in [0.4, 0.5) is 9.18 Å². The summed E-state index contributed by atoms with van der Waals surface area (Å²) in [5.74, 6) is 0.287. The average Bonchev–Trinajstić information content (AvgIpc) is 2.59.